The van der Waals surface area contributed by atoms with Gasteiger partial charge in [0.25, 0.3) is 10.0 Å². The molecular weight excluding hydrogens is 428 g/mol. The highest BCUT2D eigenvalue weighted by molar-refractivity contribution is 9.10. The molecule has 1 aromatic carbocycles. The van der Waals surface area contributed by atoms with Crippen molar-refractivity contribution in [2.45, 2.75) is 37.3 Å². The van der Waals surface area contributed by atoms with Crippen molar-refractivity contribution in [3.8, 4) is 0 Å². The Balaban J connectivity index is 1.84. The SMILES string of the molecule is CC(=O)N(Cc1csc(C2CCCO2)n1)S(=O)(=O)c1ccc(Br)cc1. The summed E-state index contributed by atoms with van der Waals surface area (Å²) in [6.07, 6.45) is 1.89. The minimum Gasteiger partial charge on any atom is -0.371 e. The number of hydrogen-bond donors (Lipinski definition) is 0. The van der Waals surface area contributed by atoms with Crippen LogP contribution >= 0.6 is 27.3 Å². The van der Waals surface area contributed by atoms with Crippen molar-refractivity contribution >= 4 is 43.2 Å². The number of carbonyl (C=O) groups excluding carboxylic acids is 1. The molecule has 0 bridgehead atoms. The second kappa shape index (κ2) is 7.53. The fraction of sp³-hybridized carbons (Fsp3) is 0.375. The van der Waals surface area contributed by atoms with Crippen LogP contribution in [0.5, 0.6) is 0 Å². The third-order valence-electron chi connectivity index (χ3n) is 3.83. The predicted octanol–water partition coefficient (Wildman–Crippen LogP) is 3.49. The second-order valence-corrected chi connectivity index (χ2v) is 9.33. The molecule has 6 nitrogen and oxygen atoms in total. The molecule has 1 aromatic heterocycles. The molecule has 0 saturated carbocycles. The number of amides is 1. The van der Waals surface area contributed by atoms with E-state index in [1.807, 2.05) is 0 Å². The molecule has 1 amide bonds. The van der Waals surface area contributed by atoms with Gasteiger partial charge in [-0.2, -0.15) is 0 Å². The van der Waals surface area contributed by atoms with E-state index in [4.69, 9.17) is 4.74 Å². The van der Waals surface area contributed by atoms with Crippen LogP contribution in [-0.2, 0) is 26.1 Å². The molecule has 1 aliphatic heterocycles. The van der Waals surface area contributed by atoms with Crippen molar-refractivity contribution in [1.82, 2.24) is 9.29 Å². The number of ether oxygens (including phenoxy) is 1. The van der Waals surface area contributed by atoms with Gasteiger partial charge in [0, 0.05) is 23.4 Å². The number of hydrogen-bond acceptors (Lipinski definition) is 6. The lowest BCUT2D eigenvalue weighted by Gasteiger charge is -2.20. The molecule has 3 rings (SSSR count). The molecule has 1 aliphatic rings. The Labute approximate surface area is 159 Å². The molecule has 2 aromatic rings. The average molecular weight is 445 g/mol. The normalized spacial score (nSPS) is 17.6. The highest BCUT2D eigenvalue weighted by atomic mass is 79.9. The topological polar surface area (TPSA) is 76.6 Å². The number of thiazole rings is 1. The van der Waals surface area contributed by atoms with Crippen molar-refractivity contribution < 1.29 is 17.9 Å². The predicted molar refractivity (Wildman–Crippen MR) is 97.6 cm³/mol. The quantitative estimate of drug-likeness (QED) is 0.704. The van der Waals surface area contributed by atoms with Gasteiger partial charge in [-0.05, 0) is 37.1 Å². The maximum absolute atomic E-state index is 12.8. The van der Waals surface area contributed by atoms with Crippen LogP contribution in [0.2, 0.25) is 0 Å². The molecule has 134 valence electrons. The molecule has 0 spiro atoms. The van der Waals surface area contributed by atoms with Gasteiger partial charge in [-0.1, -0.05) is 15.9 Å². The third-order valence-corrected chi connectivity index (χ3v) is 7.18. The molecule has 1 saturated heterocycles. The zero-order valence-electron chi connectivity index (χ0n) is 13.5. The Morgan fingerprint density at radius 3 is 2.72 bits per heavy atom. The van der Waals surface area contributed by atoms with Gasteiger partial charge in [-0.25, -0.2) is 17.7 Å². The highest BCUT2D eigenvalue weighted by Gasteiger charge is 2.28. The van der Waals surface area contributed by atoms with Crippen molar-refractivity contribution in [2.24, 2.45) is 0 Å². The average Bonchev–Trinajstić information content (AvgIpc) is 3.24. The number of sulfonamides is 1. The van der Waals surface area contributed by atoms with Crippen molar-refractivity contribution in [3.05, 3.63) is 44.8 Å². The van der Waals surface area contributed by atoms with Gasteiger partial charge in [-0.15, -0.1) is 11.3 Å². The molecule has 9 heteroatoms. The number of carbonyl (C=O) groups is 1. The Morgan fingerprint density at radius 1 is 1.40 bits per heavy atom. The van der Waals surface area contributed by atoms with Crippen LogP contribution in [-0.4, -0.2) is 30.2 Å². The van der Waals surface area contributed by atoms with E-state index >= 15 is 0 Å². The lowest BCUT2D eigenvalue weighted by atomic mass is 10.2. The summed E-state index contributed by atoms with van der Waals surface area (Å²) in [7, 11) is -3.93. The van der Waals surface area contributed by atoms with E-state index in [-0.39, 0.29) is 17.5 Å². The molecule has 1 unspecified atom stereocenters. The monoisotopic (exact) mass is 444 g/mol. The van der Waals surface area contributed by atoms with Crippen LogP contribution in [0.1, 0.15) is 36.6 Å². The smallest absolute Gasteiger partial charge is 0.266 e. The summed E-state index contributed by atoms with van der Waals surface area (Å²) < 4.78 is 32.8. The number of nitrogens with zero attached hydrogens (tertiary/aromatic N) is 2. The summed E-state index contributed by atoms with van der Waals surface area (Å²) in [6, 6.07) is 6.19. The van der Waals surface area contributed by atoms with Crippen molar-refractivity contribution in [1.29, 1.82) is 0 Å². The van der Waals surface area contributed by atoms with Gasteiger partial charge < -0.3 is 4.74 Å². The molecule has 1 atom stereocenters. The summed E-state index contributed by atoms with van der Waals surface area (Å²) in [5.41, 5.74) is 0.548. The molecule has 25 heavy (non-hydrogen) atoms. The zero-order chi connectivity index (χ0) is 18.0. The van der Waals surface area contributed by atoms with Crippen LogP contribution in [0, 0.1) is 0 Å². The van der Waals surface area contributed by atoms with Gasteiger partial charge in [0.15, 0.2) is 0 Å². The lowest BCUT2D eigenvalue weighted by molar-refractivity contribution is -0.124. The lowest BCUT2D eigenvalue weighted by Crippen LogP contribution is -2.34. The van der Waals surface area contributed by atoms with Gasteiger partial charge in [0.05, 0.1) is 17.1 Å². The van der Waals surface area contributed by atoms with Crippen molar-refractivity contribution in [3.63, 3.8) is 0 Å². The summed E-state index contributed by atoms with van der Waals surface area (Å²) in [5.74, 6) is -0.547. The van der Waals surface area contributed by atoms with E-state index in [1.165, 1.54) is 30.4 Å². The Bertz CT molecular complexity index is 859. The summed E-state index contributed by atoms with van der Waals surface area (Å²) in [6.45, 7) is 1.87. The Morgan fingerprint density at radius 2 is 2.12 bits per heavy atom. The minimum absolute atomic E-state index is 0.0207. The van der Waals surface area contributed by atoms with E-state index in [0.29, 0.717) is 5.69 Å². The van der Waals surface area contributed by atoms with Crippen LogP contribution < -0.4 is 0 Å². The Kier molecular flexibility index (Phi) is 5.57. The zero-order valence-corrected chi connectivity index (χ0v) is 16.7. The van der Waals surface area contributed by atoms with Gasteiger partial charge >= 0.3 is 0 Å². The fourth-order valence-electron chi connectivity index (χ4n) is 2.56. The molecule has 0 N–H and O–H groups in total. The summed E-state index contributed by atoms with van der Waals surface area (Å²) in [4.78, 5) is 16.5. The van der Waals surface area contributed by atoms with Crippen LogP contribution in [0.25, 0.3) is 0 Å². The largest absolute Gasteiger partial charge is 0.371 e. The molecule has 1 fully saturated rings. The first kappa shape index (κ1) is 18.5. The first-order chi connectivity index (χ1) is 11.9. The highest BCUT2D eigenvalue weighted by Crippen LogP contribution is 2.31. The Hall–Kier alpha value is -1.29. The third kappa shape index (κ3) is 4.11. The standard InChI is InChI=1S/C16H17BrN2O4S2/c1-11(20)19(25(21,22)14-6-4-12(17)5-7-14)9-13-10-24-16(18-13)15-3-2-8-23-15/h4-7,10,15H,2-3,8-9H2,1H3. The first-order valence-electron chi connectivity index (χ1n) is 7.72. The van der Waals surface area contributed by atoms with Gasteiger partial charge in [-0.3, -0.25) is 4.79 Å². The van der Waals surface area contributed by atoms with E-state index in [2.05, 4.69) is 20.9 Å². The van der Waals surface area contributed by atoms with Gasteiger partial charge in [0.2, 0.25) is 5.91 Å². The van der Waals surface area contributed by atoms with E-state index in [1.54, 1.807) is 17.5 Å². The van der Waals surface area contributed by atoms with Crippen LogP contribution in [0.3, 0.4) is 0 Å². The first-order valence-corrected chi connectivity index (χ1v) is 10.8. The van der Waals surface area contributed by atoms with E-state index in [9.17, 15) is 13.2 Å². The fourth-order valence-corrected chi connectivity index (χ4v) is 5.09. The molecule has 2 heterocycles. The molecule has 0 radical (unpaired) electrons. The number of halogens is 1. The number of rotatable bonds is 5. The van der Waals surface area contributed by atoms with E-state index < -0.39 is 15.9 Å². The van der Waals surface area contributed by atoms with Gasteiger partial charge in [0.1, 0.15) is 11.1 Å². The second-order valence-electron chi connectivity index (χ2n) is 5.66. The summed E-state index contributed by atoms with van der Waals surface area (Å²) >= 11 is 4.70. The van der Waals surface area contributed by atoms with E-state index in [0.717, 1.165) is 33.2 Å². The maximum atomic E-state index is 12.8. The number of aromatic nitrogens is 1. The molecular formula is C16H17BrN2O4S2. The van der Waals surface area contributed by atoms with Crippen molar-refractivity contribution in [2.75, 3.05) is 6.61 Å². The number of benzene rings is 1. The van der Waals surface area contributed by atoms with Crippen LogP contribution in [0.15, 0.2) is 39.0 Å². The van der Waals surface area contributed by atoms with Crippen LogP contribution in [0.4, 0.5) is 0 Å². The minimum atomic E-state index is -3.93. The molecule has 0 aliphatic carbocycles. The summed E-state index contributed by atoms with van der Waals surface area (Å²) in [5, 5.41) is 2.61. The maximum Gasteiger partial charge on any atom is 0.266 e.